The minimum absolute atomic E-state index is 0.322. The SMILES string of the molecule is CCCOC(=O)C1=C(C)NC(=O)N[C@@H]1c1ccc(OCC)c(OC)c1. The first-order chi connectivity index (χ1) is 12.0. The summed E-state index contributed by atoms with van der Waals surface area (Å²) in [6, 6.07) is 4.31. The lowest BCUT2D eigenvalue weighted by molar-refractivity contribution is -0.139. The first-order valence-electron chi connectivity index (χ1n) is 8.27. The molecule has 1 aromatic carbocycles. The van der Waals surface area contributed by atoms with E-state index in [9.17, 15) is 9.59 Å². The van der Waals surface area contributed by atoms with E-state index in [4.69, 9.17) is 14.2 Å². The Morgan fingerprint density at radius 3 is 2.64 bits per heavy atom. The molecule has 2 amide bonds. The molecule has 7 nitrogen and oxygen atoms in total. The van der Waals surface area contributed by atoms with Crippen molar-refractivity contribution in [3.05, 3.63) is 35.0 Å². The lowest BCUT2D eigenvalue weighted by atomic mass is 9.95. The van der Waals surface area contributed by atoms with Crippen LogP contribution in [0.3, 0.4) is 0 Å². The van der Waals surface area contributed by atoms with Gasteiger partial charge in [0.15, 0.2) is 11.5 Å². The van der Waals surface area contributed by atoms with Gasteiger partial charge in [0, 0.05) is 5.70 Å². The molecule has 0 saturated heterocycles. The van der Waals surface area contributed by atoms with E-state index in [0.29, 0.717) is 41.5 Å². The minimum Gasteiger partial charge on any atom is -0.493 e. The van der Waals surface area contributed by atoms with E-state index in [0.717, 1.165) is 6.42 Å². The van der Waals surface area contributed by atoms with Crippen LogP contribution in [0, 0.1) is 0 Å². The Kier molecular flexibility index (Phi) is 6.27. The van der Waals surface area contributed by atoms with E-state index in [1.165, 1.54) is 0 Å². The molecule has 1 atom stereocenters. The van der Waals surface area contributed by atoms with Gasteiger partial charge in [-0.1, -0.05) is 13.0 Å². The van der Waals surface area contributed by atoms with Gasteiger partial charge in [0.25, 0.3) is 0 Å². The number of carbonyl (C=O) groups is 2. The summed E-state index contributed by atoms with van der Waals surface area (Å²) in [6.07, 6.45) is 0.722. The number of methoxy groups -OCH3 is 1. The molecule has 0 unspecified atom stereocenters. The van der Waals surface area contributed by atoms with Gasteiger partial charge in [-0.15, -0.1) is 0 Å². The van der Waals surface area contributed by atoms with Crippen molar-refractivity contribution < 1.29 is 23.8 Å². The fourth-order valence-electron chi connectivity index (χ4n) is 2.63. The second kappa shape index (κ2) is 8.41. The molecule has 0 spiro atoms. The molecule has 0 saturated carbocycles. The van der Waals surface area contributed by atoms with Crippen LogP contribution in [0.1, 0.15) is 38.8 Å². The van der Waals surface area contributed by atoms with Crippen molar-refractivity contribution in [2.24, 2.45) is 0 Å². The summed E-state index contributed by atoms with van der Waals surface area (Å²) >= 11 is 0. The molecule has 1 heterocycles. The molecule has 0 aromatic heterocycles. The van der Waals surface area contributed by atoms with Crippen LogP contribution in [0.5, 0.6) is 11.5 Å². The number of amides is 2. The molecule has 0 aliphatic carbocycles. The van der Waals surface area contributed by atoms with Gasteiger partial charge in [-0.2, -0.15) is 0 Å². The topological polar surface area (TPSA) is 85.9 Å². The molecule has 1 aliphatic rings. The van der Waals surface area contributed by atoms with E-state index in [1.54, 1.807) is 32.2 Å². The molecule has 7 heteroatoms. The van der Waals surface area contributed by atoms with Crippen molar-refractivity contribution in [1.29, 1.82) is 0 Å². The number of benzene rings is 1. The zero-order valence-electron chi connectivity index (χ0n) is 15.0. The van der Waals surface area contributed by atoms with Crippen LogP contribution in [-0.2, 0) is 9.53 Å². The van der Waals surface area contributed by atoms with E-state index >= 15 is 0 Å². The van der Waals surface area contributed by atoms with Gasteiger partial charge in [0.1, 0.15) is 0 Å². The lowest BCUT2D eigenvalue weighted by Crippen LogP contribution is -2.45. The summed E-state index contributed by atoms with van der Waals surface area (Å²) in [7, 11) is 1.54. The molecule has 0 bridgehead atoms. The summed E-state index contributed by atoms with van der Waals surface area (Å²) in [5.41, 5.74) is 1.56. The number of ether oxygens (including phenoxy) is 3. The van der Waals surface area contributed by atoms with E-state index in [-0.39, 0.29) is 6.03 Å². The average Bonchev–Trinajstić information content (AvgIpc) is 2.59. The first-order valence-corrected chi connectivity index (χ1v) is 8.27. The number of esters is 1. The van der Waals surface area contributed by atoms with Gasteiger partial charge in [-0.3, -0.25) is 0 Å². The first kappa shape index (κ1) is 18.6. The molecule has 1 aliphatic heterocycles. The van der Waals surface area contributed by atoms with E-state index in [1.807, 2.05) is 13.8 Å². The maximum atomic E-state index is 12.5. The molecule has 25 heavy (non-hydrogen) atoms. The fraction of sp³-hybridized carbons (Fsp3) is 0.444. The zero-order chi connectivity index (χ0) is 18.4. The van der Waals surface area contributed by atoms with Gasteiger partial charge in [0.05, 0.1) is 31.9 Å². The fourth-order valence-corrected chi connectivity index (χ4v) is 2.63. The molecule has 1 aromatic rings. The Hall–Kier alpha value is -2.70. The minimum atomic E-state index is -0.623. The maximum absolute atomic E-state index is 12.5. The molecule has 0 fully saturated rings. The Bertz CT molecular complexity index is 684. The van der Waals surface area contributed by atoms with Crippen molar-refractivity contribution in [3.8, 4) is 11.5 Å². The standard InChI is InChI=1S/C18H24N2O5/c1-5-9-25-17(21)15-11(3)19-18(22)20-16(15)12-7-8-13(24-6-2)14(10-12)23-4/h7-8,10,16H,5-6,9H2,1-4H3,(H2,19,20,22)/t16-/m1/s1. The van der Waals surface area contributed by atoms with E-state index in [2.05, 4.69) is 10.6 Å². The largest absolute Gasteiger partial charge is 0.493 e. The van der Waals surface area contributed by atoms with Crippen LogP contribution in [-0.4, -0.2) is 32.3 Å². The van der Waals surface area contributed by atoms with Gasteiger partial charge in [0.2, 0.25) is 0 Å². The number of carbonyl (C=O) groups excluding carboxylic acids is 2. The Balaban J connectivity index is 2.41. The normalized spacial score (nSPS) is 16.8. The Morgan fingerprint density at radius 1 is 1.24 bits per heavy atom. The van der Waals surface area contributed by atoms with Gasteiger partial charge in [-0.05, 0) is 38.0 Å². The molecule has 2 N–H and O–H groups in total. The number of allylic oxidation sites excluding steroid dienone is 1. The monoisotopic (exact) mass is 348 g/mol. The van der Waals surface area contributed by atoms with Crippen molar-refractivity contribution >= 4 is 12.0 Å². The highest BCUT2D eigenvalue weighted by molar-refractivity contribution is 5.95. The molecular formula is C18H24N2O5. The summed E-state index contributed by atoms with van der Waals surface area (Å²) in [5, 5.41) is 5.39. The number of hydrogen-bond acceptors (Lipinski definition) is 5. The number of nitrogens with one attached hydrogen (secondary N) is 2. The Labute approximate surface area is 147 Å². The van der Waals surface area contributed by atoms with Crippen molar-refractivity contribution in [2.75, 3.05) is 20.3 Å². The highest BCUT2D eigenvalue weighted by Gasteiger charge is 2.32. The quantitative estimate of drug-likeness (QED) is 0.740. The lowest BCUT2D eigenvalue weighted by Gasteiger charge is -2.28. The van der Waals surface area contributed by atoms with Crippen LogP contribution in [0.2, 0.25) is 0 Å². The highest BCUT2D eigenvalue weighted by Crippen LogP contribution is 2.34. The van der Waals surface area contributed by atoms with Crippen molar-refractivity contribution in [1.82, 2.24) is 10.6 Å². The summed E-state index contributed by atoms with van der Waals surface area (Å²) < 4.78 is 16.1. The van der Waals surface area contributed by atoms with Crippen LogP contribution in [0.25, 0.3) is 0 Å². The molecule has 0 radical (unpaired) electrons. The van der Waals surface area contributed by atoms with E-state index < -0.39 is 12.0 Å². The second-order valence-electron chi connectivity index (χ2n) is 5.55. The molecule has 136 valence electrons. The number of urea groups is 1. The van der Waals surface area contributed by atoms with Crippen LogP contribution in [0.4, 0.5) is 4.79 Å². The third-order valence-corrected chi connectivity index (χ3v) is 3.75. The molecular weight excluding hydrogens is 324 g/mol. The predicted molar refractivity (Wildman–Crippen MR) is 92.5 cm³/mol. The van der Waals surface area contributed by atoms with Crippen LogP contribution >= 0.6 is 0 Å². The number of rotatable bonds is 7. The smallest absolute Gasteiger partial charge is 0.338 e. The van der Waals surface area contributed by atoms with Gasteiger partial charge in [-0.25, -0.2) is 9.59 Å². The van der Waals surface area contributed by atoms with Crippen LogP contribution in [0.15, 0.2) is 29.5 Å². The molecule has 2 rings (SSSR count). The summed E-state index contributed by atoms with van der Waals surface area (Å²) in [5.74, 6) is 0.681. The summed E-state index contributed by atoms with van der Waals surface area (Å²) in [6.45, 7) is 6.31. The number of hydrogen-bond donors (Lipinski definition) is 2. The Morgan fingerprint density at radius 2 is 2.00 bits per heavy atom. The average molecular weight is 348 g/mol. The second-order valence-corrected chi connectivity index (χ2v) is 5.55. The maximum Gasteiger partial charge on any atom is 0.338 e. The third-order valence-electron chi connectivity index (χ3n) is 3.75. The van der Waals surface area contributed by atoms with Crippen molar-refractivity contribution in [3.63, 3.8) is 0 Å². The van der Waals surface area contributed by atoms with Crippen LogP contribution < -0.4 is 20.1 Å². The summed E-state index contributed by atoms with van der Waals surface area (Å²) in [4.78, 5) is 24.4. The zero-order valence-corrected chi connectivity index (χ0v) is 15.0. The highest BCUT2D eigenvalue weighted by atomic mass is 16.5. The third kappa shape index (κ3) is 4.23. The predicted octanol–water partition coefficient (Wildman–Crippen LogP) is 2.68. The van der Waals surface area contributed by atoms with Gasteiger partial charge < -0.3 is 24.8 Å². The van der Waals surface area contributed by atoms with Gasteiger partial charge >= 0.3 is 12.0 Å². The van der Waals surface area contributed by atoms with Crippen molar-refractivity contribution in [2.45, 2.75) is 33.2 Å².